The molecule has 0 amide bonds. The summed E-state index contributed by atoms with van der Waals surface area (Å²) in [5, 5.41) is 11.8. The van der Waals surface area contributed by atoms with E-state index in [9.17, 15) is 10.1 Å². The van der Waals surface area contributed by atoms with Crippen molar-refractivity contribution in [3.05, 3.63) is 50.6 Å². The first-order valence-corrected chi connectivity index (χ1v) is 9.04. The molecule has 1 aliphatic carbocycles. The maximum Gasteiger partial charge on any atom is 0.269 e. The molecule has 0 fully saturated rings. The fourth-order valence-electron chi connectivity index (χ4n) is 3.23. The van der Waals surface area contributed by atoms with Gasteiger partial charge in [-0.15, -0.1) is 11.3 Å². The first-order chi connectivity index (χ1) is 12.0. The molecule has 0 unspecified atom stereocenters. The Labute approximate surface area is 148 Å². The van der Waals surface area contributed by atoms with Crippen LogP contribution in [0.2, 0.25) is 0 Å². The van der Waals surface area contributed by atoms with Gasteiger partial charge in [-0.3, -0.25) is 10.1 Å². The van der Waals surface area contributed by atoms with Gasteiger partial charge in [0, 0.05) is 17.0 Å². The number of benzene rings is 1. The van der Waals surface area contributed by atoms with Crippen molar-refractivity contribution in [3.63, 3.8) is 0 Å². The Morgan fingerprint density at radius 1 is 1.28 bits per heavy atom. The highest BCUT2D eigenvalue weighted by Gasteiger charge is 2.24. The summed E-state index contributed by atoms with van der Waals surface area (Å²) in [6, 6.07) is 6.07. The predicted octanol–water partition coefficient (Wildman–Crippen LogP) is 4.83. The molecule has 0 bridgehead atoms. The van der Waals surface area contributed by atoms with Gasteiger partial charge in [-0.25, -0.2) is 4.98 Å². The quantitative estimate of drug-likeness (QED) is 0.497. The molecule has 1 aromatic carbocycles. The molecule has 25 heavy (non-hydrogen) atoms. The molecule has 0 saturated carbocycles. The molecule has 6 nitrogen and oxygen atoms in total. The zero-order chi connectivity index (χ0) is 17.6. The summed E-state index contributed by atoms with van der Waals surface area (Å²) in [6.07, 6.45) is 3.25. The lowest BCUT2D eigenvalue weighted by molar-refractivity contribution is -0.384. The molecule has 4 rings (SSSR count). The highest BCUT2D eigenvalue weighted by molar-refractivity contribution is 7.18. The Balaban J connectivity index is 1.77. The summed E-state index contributed by atoms with van der Waals surface area (Å²) in [7, 11) is 0. The second-order valence-corrected chi connectivity index (χ2v) is 7.54. The largest absolute Gasteiger partial charge is 0.438 e. The second-order valence-electron chi connectivity index (χ2n) is 6.46. The number of hydrogen-bond acceptors (Lipinski definition) is 6. The minimum Gasteiger partial charge on any atom is -0.438 e. The van der Waals surface area contributed by atoms with E-state index in [0.29, 0.717) is 23.4 Å². The van der Waals surface area contributed by atoms with Crippen LogP contribution in [0.1, 0.15) is 29.6 Å². The van der Waals surface area contributed by atoms with Crippen molar-refractivity contribution in [1.82, 2.24) is 9.97 Å². The van der Waals surface area contributed by atoms with Crippen LogP contribution in [0.4, 0.5) is 5.69 Å². The van der Waals surface area contributed by atoms with Crippen molar-refractivity contribution < 1.29 is 9.66 Å². The van der Waals surface area contributed by atoms with Crippen molar-refractivity contribution in [2.24, 2.45) is 5.92 Å². The molecule has 0 spiro atoms. The normalized spacial score (nSPS) is 16.6. The summed E-state index contributed by atoms with van der Waals surface area (Å²) in [5.41, 5.74) is 1.34. The number of aryl methyl sites for hydroxylation is 2. The van der Waals surface area contributed by atoms with E-state index in [1.54, 1.807) is 23.5 Å². The van der Waals surface area contributed by atoms with Gasteiger partial charge in [0.05, 0.1) is 10.3 Å². The van der Waals surface area contributed by atoms with Crippen LogP contribution in [0.3, 0.4) is 0 Å². The molecule has 1 atom stereocenters. The number of fused-ring (bicyclic) bond motifs is 3. The van der Waals surface area contributed by atoms with Gasteiger partial charge in [0.25, 0.3) is 5.69 Å². The van der Waals surface area contributed by atoms with Gasteiger partial charge in [0.2, 0.25) is 5.88 Å². The first kappa shape index (κ1) is 16.0. The third-order valence-corrected chi connectivity index (χ3v) is 5.64. The van der Waals surface area contributed by atoms with E-state index < -0.39 is 4.92 Å². The topological polar surface area (TPSA) is 78.2 Å². The Kier molecular flexibility index (Phi) is 3.88. The molecule has 7 heteroatoms. The van der Waals surface area contributed by atoms with Gasteiger partial charge in [0.1, 0.15) is 16.4 Å². The van der Waals surface area contributed by atoms with Crippen LogP contribution < -0.4 is 4.74 Å². The van der Waals surface area contributed by atoms with Crippen LogP contribution in [-0.2, 0) is 12.8 Å². The van der Waals surface area contributed by atoms with Gasteiger partial charge in [-0.1, -0.05) is 6.92 Å². The van der Waals surface area contributed by atoms with Crippen LogP contribution >= 0.6 is 11.3 Å². The third kappa shape index (κ3) is 2.95. The monoisotopic (exact) mass is 355 g/mol. The summed E-state index contributed by atoms with van der Waals surface area (Å²) in [4.78, 5) is 21.8. The number of hydrogen-bond donors (Lipinski definition) is 0. The molecule has 0 aliphatic heterocycles. The van der Waals surface area contributed by atoms with Gasteiger partial charge in [-0.05, 0) is 49.8 Å². The molecule has 2 heterocycles. The average molecular weight is 355 g/mol. The standard InChI is InChI=1S/C18H17N3O3S/c1-10-3-8-14-15(9-10)25-18-16(14)17(19-11(2)20-18)24-13-6-4-12(5-7-13)21(22)23/h4-7,10H,3,8-9H2,1-2H3/t10-/m1/s1. The minimum atomic E-state index is -0.423. The summed E-state index contributed by atoms with van der Waals surface area (Å²) in [5.74, 6) is 2.43. The van der Waals surface area contributed by atoms with E-state index >= 15 is 0 Å². The lowest BCUT2D eigenvalue weighted by Gasteiger charge is -2.18. The number of ether oxygens (including phenoxy) is 1. The fraction of sp³-hybridized carbons (Fsp3) is 0.333. The van der Waals surface area contributed by atoms with Crippen LogP contribution in [0.25, 0.3) is 10.2 Å². The number of aromatic nitrogens is 2. The number of non-ortho nitro benzene ring substituents is 1. The van der Waals surface area contributed by atoms with Gasteiger partial charge < -0.3 is 4.74 Å². The number of nitrogens with zero attached hydrogens (tertiary/aromatic N) is 3. The van der Waals surface area contributed by atoms with Gasteiger partial charge in [0.15, 0.2) is 0 Å². The Morgan fingerprint density at radius 2 is 2.04 bits per heavy atom. The number of rotatable bonds is 3. The molecule has 2 aromatic heterocycles. The lowest BCUT2D eigenvalue weighted by Crippen LogP contribution is -2.08. The molecule has 128 valence electrons. The first-order valence-electron chi connectivity index (χ1n) is 8.22. The molecule has 0 saturated heterocycles. The van der Waals surface area contributed by atoms with Crippen LogP contribution in [0.15, 0.2) is 24.3 Å². The van der Waals surface area contributed by atoms with E-state index in [4.69, 9.17) is 4.74 Å². The number of nitro groups is 1. The number of nitro benzene ring substituents is 1. The molecular formula is C18H17N3O3S. The molecule has 0 N–H and O–H groups in total. The SMILES string of the molecule is Cc1nc(Oc2ccc([N+](=O)[O-])cc2)c2c3c(sc2n1)C[C@H](C)CC3. The van der Waals surface area contributed by atoms with Crippen LogP contribution in [0.5, 0.6) is 11.6 Å². The Bertz CT molecular complexity index is 966. The van der Waals surface area contributed by atoms with E-state index in [1.807, 2.05) is 6.92 Å². The van der Waals surface area contributed by atoms with Crippen molar-refractivity contribution in [2.75, 3.05) is 0 Å². The van der Waals surface area contributed by atoms with Gasteiger partial charge >= 0.3 is 0 Å². The Morgan fingerprint density at radius 3 is 2.76 bits per heavy atom. The van der Waals surface area contributed by atoms with E-state index in [1.165, 1.54) is 22.6 Å². The van der Waals surface area contributed by atoms with Crippen LogP contribution in [0, 0.1) is 23.0 Å². The smallest absolute Gasteiger partial charge is 0.269 e. The van der Waals surface area contributed by atoms with Crippen molar-refractivity contribution in [3.8, 4) is 11.6 Å². The Hall–Kier alpha value is -2.54. The molecular weight excluding hydrogens is 338 g/mol. The summed E-state index contributed by atoms with van der Waals surface area (Å²) in [6.45, 7) is 4.13. The van der Waals surface area contributed by atoms with E-state index in [0.717, 1.165) is 29.5 Å². The summed E-state index contributed by atoms with van der Waals surface area (Å²) >= 11 is 1.73. The molecule has 1 aliphatic rings. The van der Waals surface area contributed by atoms with E-state index in [-0.39, 0.29) is 5.69 Å². The lowest BCUT2D eigenvalue weighted by atomic mass is 9.89. The highest BCUT2D eigenvalue weighted by Crippen LogP contribution is 2.41. The van der Waals surface area contributed by atoms with Crippen molar-refractivity contribution in [1.29, 1.82) is 0 Å². The average Bonchev–Trinajstić information content (AvgIpc) is 2.92. The zero-order valence-electron chi connectivity index (χ0n) is 14.0. The molecule has 3 aromatic rings. The van der Waals surface area contributed by atoms with Crippen LogP contribution in [-0.4, -0.2) is 14.9 Å². The second kappa shape index (κ2) is 6.07. The maximum atomic E-state index is 10.8. The fourth-order valence-corrected chi connectivity index (χ4v) is 4.65. The van der Waals surface area contributed by atoms with Gasteiger partial charge in [-0.2, -0.15) is 4.98 Å². The molecule has 0 radical (unpaired) electrons. The predicted molar refractivity (Wildman–Crippen MR) is 96.5 cm³/mol. The van der Waals surface area contributed by atoms with Crippen molar-refractivity contribution >= 4 is 27.2 Å². The maximum absolute atomic E-state index is 10.8. The van der Waals surface area contributed by atoms with Crippen molar-refractivity contribution in [2.45, 2.75) is 33.1 Å². The zero-order valence-corrected chi connectivity index (χ0v) is 14.8. The number of thiophene rings is 1. The minimum absolute atomic E-state index is 0.0401. The third-order valence-electron chi connectivity index (χ3n) is 4.50. The highest BCUT2D eigenvalue weighted by atomic mass is 32.1. The van der Waals surface area contributed by atoms with E-state index in [2.05, 4.69) is 16.9 Å². The summed E-state index contributed by atoms with van der Waals surface area (Å²) < 4.78 is 5.99.